The second kappa shape index (κ2) is 14.5. The molecule has 0 aliphatic carbocycles. The van der Waals surface area contributed by atoms with Crippen LogP contribution in [-0.4, -0.2) is 83.2 Å². The van der Waals surface area contributed by atoms with Crippen LogP contribution in [-0.2, 0) is 16.1 Å². The third-order valence-electron chi connectivity index (χ3n) is 7.72. The number of hydrogen-bond donors (Lipinski definition) is 1. The van der Waals surface area contributed by atoms with E-state index < -0.39 is 6.04 Å². The van der Waals surface area contributed by atoms with E-state index in [0.717, 1.165) is 56.3 Å². The number of nitrogens with one attached hydrogen (secondary N) is 1. The van der Waals surface area contributed by atoms with Gasteiger partial charge in [0.2, 0.25) is 5.91 Å². The normalized spacial score (nSPS) is 18.1. The zero-order valence-corrected chi connectivity index (χ0v) is 26.1. The Morgan fingerprint density at radius 1 is 0.952 bits per heavy atom. The molecular weight excluding hydrogens is 586 g/mol. The first-order valence-corrected chi connectivity index (χ1v) is 16.2. The molecule has 2 amide bonds. The lowest BCUT2D eigenvalue weighted by atomic mass is 10.1. The highest BCUT2D eigenvalue weighted by molar-refractivity contribution is 7.98. The molecule has 2 saturated heterocycles. The van der Waals surface area contributed by atoms with Gasteiger partial charge in [-0.3, -0.25) is 19.4 Å². The molecule has 0 bridgehead atoms. The summed E-state index contributed by atoms with van der Waals surface area (Å²) in [4.78, 5) is 36.4. The number of thiocarbonyl (C=S) groups is 1. The van der Waals surface area contributed by atoms with Gasteiger partial charge in [-0.15, -0.1) is 11.8 Å². The van der Waals surface area contributed by atoms with Crippen LogP contribution < -0.4 is 10.2 Å². The van der Waals surface area contributed by atoms with E-state index in [4.69, 9.17) is 23.8 Å². The molecule has 3 aromatic carbocycles. The molecule has 1 atom stereocenters. The van der Waals surface area contributed by atoms with Gasteiger partial charge in [-0.05, 0) is 79.5 Å². The third-order valence-corrected chi connectivity index (χ3v) is 9.12. The molecule has 0 aromatic heterocycles. The number of rotatable bonds is 11. The van der Waals surface area contributed by atoms with Gasteiger partial charge in [-0.2, -0.15) is 0 Å². The second-order valence-electron chi connectivity index (χ2n) is 10.6. The van der Waals surface area contributed by atoms with Crippen LogP contribution >= 0.6 is 35.6 Å². The van der Waals surface area contributed by atoms with Crippen molar-refractivity contribution < 1.29 is 9.59 Å². The predicted molar refractivity (Wildman–Crippen MR) is 176 cm³/mol. The molecule has 1 N–H and O–H groups in total. The van der Waals surface area contributed by atoms with Gasteiger partial charge in [0, 0.05) is 54.9 Å². The summed E-state index contributed by atoms with van der Waals surface area (Å²) in [5.41, 5.74) is 2.72. The minimum atomic E-state index is -0.662. The maximum atomic E-state index is 13.8. The summed E-state index contributed by atoms with van der Waals surface area (Å²) in [6.45, 7) is 6.58. The van der Waals surface area contributed by atoms with Crippen molar-refractivity contribution in [2.45, 2.75) is 30.3 Å². The van der Waals surface area contributed by atoms with Crippen molar-refractivity contribution in [1.29, 1.82) is 0 Å². The molecule has 3 aromatic rings. The zero-order valence-electron chi connectivity index (χ0n) is 23.7. The fourth-order valence-electron chi connectivity index (χ4n) is 5.47. The summed E-state index contributed by atoms with van der Waals surface area (Å²) in [5.74, 6) is -0.406. The summed E-state index contributed by atoms with van der Waals surface area (Å²) in [5, 5.41) is 3.95. The molecule has 2 heterocycles. The Morgan fingerprint density at radius 2 is 1.67 bits per heavy atom. The Labute approximate surface area is 262 Å². The third kappa shape index (κ3) is 7.71. The second-order valence-corrected chi connectivity index (χ2v) is 12.3. The number of benzene rings is 3. The van der Waals surface area contributed by atoms with Gasteiger partial charge in [-0.1, -0.05) is 48.0 Å². The molecule has 0 radical (unpaired) electrons. The van der Waals surface area contributed by atoms with E-state index in [2.05, 4.69) is 45.4 Å². The lowest BCUT2D eigenvalue weighted by Crippen LogP contribution is -2.47. The van der Waals surface area contributed by atoms with Crippen molar-refractivity contribution in [3.8, 4) is 0 Å². The summed E-state index contributed by atoms with van der Waals surface area (Å²) >= 11 is 13.5. The fraction of sp³-hybridized carbons (Fsp3) is 0.344. The Morgan fingerprint density at radius 3 is 2.38 bits per heavy atom. The number of thioether (sulfide) groups is 1. The van der Waals surface area contributed by atoms with E-state index in [1.165, 1.54) is 5.56 Å². The Hall–Kier alpha value is -2.95. The number of piperazine rings is 1. The Bertz CT molecular complexity index is 1380. The standard InChI is InChI=1S/C32H36ClN5O2S2/c1-42-28-10-5-9-27(21-28)38-31(40)29(22-30(39)34-26-13-11-25(33)12-14-26)37(32(38)41)16-6-15-35-17-19-36(20-18-35)23-24-7-3-2-4-8-24/h2-5,7-14,21,29H,6,15-20,22-23H2,1H3,(H,34,39). The molecule has 7 nitrogen and oxygen atoms in total. The van der Waals surface area contributed by atoms with Crippen LogP contribution in [0.1, 0.15) is 18.4 Å². The van der Waals surface area contributed by atoms with Gasteiger partial charge in [0.15, 0.2) is 5.11 Å². The highest BCUT2D eigenvalue weighted by Gasteiger charge is 2.44. The molecule has 2 aliphatic rings. The topological polar surface area (TPSA) is 59.1 Å². The predicted octanol–water partition coefficient (Wildman–Crippen LogP) is 5.60. The van der Waals surface area contributed by atoms with Crippen molar-refractivity contribution in [3.05, 3.63) is 89.4 Å². The maximum Gasteiger partial charge on any atom is 0.256 e. The number of amides is 2. The number of nitrogens with zero attached hydrogens (tertiary/aromatic N) is 4. The Balaban J connectivity index is 1.21. The molecule has 5 rings (SSSR count). The van der Waals surface area contributed by atoms with E-state index >= 15 is 0 Å². The average Bonchev–Trinajstić information content (AvgIpc) is 3.23. The quantitative estimate of drug-likeness (QED) is 0.221. The number of carbonyl (C=O) groups is 2. The first-order chi connectivity index (χ1) is 20.4. The van der Waals surface area contributed by atoms with Gasteiger partial charge >= 0.3 is 0 Å². The van der Waals surface area contributed by atoms with E-state index in [0.29, 0.717) is 22.4 Å². The fourth-order valence-corrected chi connectivity index (χ4v) is 6.47. The summed E-state index contributed by atoms with van der Waals surface area (Å²) in [6, 6.07) is 24.7. The SMILES string of the molecule is CSc1cccc(N2C(=O)C(CC(=O)Nc3ccc(Cl)cc3)N(CCCN3CCN(Cc4ccccc4)CC3)C2=S)c1. The lowest BCUT2D eigenvalue weighted by Gasteiger charge is -2.35. The van der Waals surface area contributed by atoms with Crippen molar-refractivity contribution in [3.63, 3.8) is 0 Å². The van der Waals surface area contributed by atoms with Gasteiger partial charge in [0.1, 0.15) is 6.04 Å². The summed E-state index contributed by atoms with van der Waals surface area (Å²) in [7, 11) is 0. The van der Waals surface area contributed by atoms with Gasteiger partial charge < -0.3 is 15.1 Å². The molecule has 1 unspecified atom stereocenters. The van der Waals surface area contributed by atoms with Crippen molar-refractivity contribution >= 4 is 63.9 Å². The zero-order chi connectivity index (χ0) is 29.5. The highest BCUT2D eigenvalue weighted by Crippen LogP contribution is 2.30. The van der Waals surface area contributed by atoms with E-state index in [9.17, 15) is 9.59 Å². The van der Waals surface area contributed by atoms with E-state index in [1.807, 2.05) is 35.4 Å². The number of halogens is 1. The molecule has 0 saturated carbocycles. The largest absolute Gasteiger partial charge is 0.336 e. The highest BCUT2D eigenvalue weighted by atomic mass is 35.5. The molecule has 220 valence electrons. The minimum Gasteiger partial charge on any atom is -0.336 e. The number of hydrogen-bond acceptors (Lipinski definition) is 6. The maximum absolute atomic E-state index is 13.8. The van der Waals surface area contributed by atoms with Crippen LogP contribution in [0.2, 0.25) is 5.02 Å². The van der Waals surface area contributed by atoms with Crippen LogP contribution in [0.5, 0.6) is 0 Å². The first-order valence-electron chi connectivity index (χ1n) is 14.2. The summed E-state index contributed by atoms with van der Waals surface area (Å²) in [6.07, 6.45) is 2.86. The lowest BCUT2D eigenvalue weighted by molar-refractivity contribution is -0.124. The molecule has 10 heteroatoms. The van der Waals surface area contributed by atoms with Crippen molar-refractivity contribution in [1.82, 2.24) is 14.7 Å². The van der Waals surface area contributed by atoms with Crippen LogP contribution in [0.25, 0.3) is 0 Å². The van der Waals surface area contributed by atoms with Crippen LogP contribution in [0, 0.1) is 0 Å². The molecular formula is C32H36ClN5O2S2. The first kappa shape index (κ1) is 30.5. The van der Waals surface area contributed by atoms with Crippen LogP contribution in [0.4, 0.5) is 11.4 Å². The Kier molecular flexibility index (Phi) is 10.5. The van der Waals surface area contributed by atoms with Crippen LogP contribution in [0.3, 0.4) is 0 Å². The van der Waals surface area contributed by atoms with Crippen molar-refractivity contribution in [2.24, 2.45) is 0 Å². The summed E-state index contributed by atoms with van der Waals surface area (Å²) < 4.78 is 0. The monoisotopic (exact) mass is 621 g/mol. The molecule has 2 aliphatic heterocycles. The molecule has 2 fully saturated rings. The van der Waals surface area contributed by atoms with Crippen molar-refractivity contribution in [2.75, 3.05) is 55.7 Å². The number of anilines is 2. The minimum absolute atomic E-state index is 0.0124. The van der Waals surface area contributed by atoms with E-state index in [-0.39, 0.29) is 18.2 Å². The molecule has 0 spiro atoms. The van der Waals surface area contributed by atoms with Gasteiger partial charge in [0.25, 0.3) is 5.91 Å². The van der Waals surface area contributed by atoms with Crippen LogP contribution in [0.15, 0.2) is 83.8 Å². The smallest absolute Gasteiger partial charge is 0.256 e. The van der Waals surface area contributed by atoms with Gasteiger partial charge in [0.05, 0.1) is 12.1 Å². The average molecular weight is 622 g/mol. The number of carbonyl (C=O) groups excluding carboxylic acids is 2. The van der Waals surface area contributed by atoms with Gasteiger partial charge in [-0.25, -0.2) is 0 Å². The molecule has 42 heavy (non-hydrogen) atoms. The van der Waals surface area contributed by atoms with E-state index in [1.54, 1.807) is 40.9 Å².